The van der Waals surface area contributed by atoms with Crippen molar-refractivity contribution < 1.29 is 6.22 Å². The van der Waals surface area contributed by atoms with Crippen LogP contribution in [-0.4, -0.2) is 21.5 Å². The molecule has 1 fully saturated rings. The van der Waals surface area contributed by atoms with E-state index in [1.807, 2.05) is 41.8 Å². The topological polar surface area (TPSA) is 46.9 Å². The Balaban J connectivity index is 0.00000289. The van der Waals surface area contributed by atoms with E-state index in [1.165, 1.54) is 6.42 Å². The van der Waals surface area contributed by atoms with Gasteiger partial charge in [-0.1, -0.05) is 66.2 Å². The van der Waals surface area contributed by atoms with Gasteiger partial charge in [0, 0.05) is 35.2 Å². The lowest BCUT2D eigenvalue weighted by Gasteiger charge is -2.22. The summed E-state index contributed by atoms with van der Waals surface area (Å²) in [5.41, 5.74) is 3.13. The van der Waals surface area contributed by atoms with E-state index in [0.717, 1.165) is 42.5 Å². The maximum Gasteiger partial charge on any atom is 0.287 e. The van der Waals surface area contributed by atoms with Crippen LogP contribution in [-0.2, 0) is 6.54 Å². The third kappa shape index (κ3) is 4.77. The van der Waals surface area contributed by atoms with Crippen LogP contribution in [0.5, 0.6) is 0 Å². The first-order valence-corrected chi connectivity index (χ1v) is 11.7. The molecule has 1 aromatic heterocycles. The van der Waals surface area contributed by atoms with Crippen LogP contribution in [0.15, 0.2) is 42.5 Å². The summed E-state index contributed by atoms with van der Waals surface area (Å²) >= 11 is 18.8. The average molecular weight is 479 g/mol. The largest absolute Gasteiger partial charge is 0.347 e. The van der Waals surface area contributed by atoms with Gasteiger partial charge in [-0.05, 0) is 50.1 Å². The third-order valence-electron chi connectivity index (χ3n) is 5.73. The second kappa shape index (κ2) is 9.64. The summed E-state index contributed by atoms with van der Waals surface area (Å²) in [6, 6.07) is 13.0. The number of benzene rings is 2. The Labute approximate surface area is 199 Å². The minimum atomic E-state index is -0.153. The summed E-state index contributed by atoms with van der Waals surface area (Å²) in [7, 11) is 0. The zero-order valence-corrected chi connectivity index (χ0v) is 19.6. The smallest absolute Gasteiger partial charge is 0.287 e. The summed E-state index contributed by atoms with van der Waals surface area (Å²) in [5.74, 6) is 0.235. The number of rotatable bonds is 5. The van der Waals surface area contributed by atoms with Crippen LogP contribution in [0.3, 0.4) is 0 Å². The summed E-state index contributed by atoms with van der Waals surface area (Å²) in [6.07, 6.45) is 5.55. The fourth-order valence-electron chi connectivity index (χ4n) is 4.19. The van der Waals surface area contributed by atoms with Gasteiger partial charge < -0.3 is 9.88 Å². The molecule has 1 saturated carbocycles. The molecule has 0 atom stereocenters. The van der Waals surface area contributed by atoms with Crippen molar-refractivity contribution in [2.24, 2.45) is 0 Å². The molecule has 4 rings (SSSR count). The molecule has 0 saturated heterocycles. The molecule has 1 N–H and O–H groups in total. The molecular formula is C24H26Cl3N3O. The molecule has 0 bridgehead atoms. The molecule has 164 valence electrons. The highest BCUT2D eigenvalue weighted by molar-refractivity contribution is 6.36. The normalized spacial score (nSPS) is 14.6. The van der Waals surface area contributed by atoms with E-state index in [1.54, 1.807) is 12.1 Å². The SMILES string of the molecule is CCn1c(C(=O)NC2CCCCC2)nc(-c2ccc(Cl)cc2)c1-c1ccc(Cl)cc1Cl.[HH]. The van der Waals surface area contributed by atoms with Gasteiger partial charge in [0.25, 0.3) is 5.91 Å². The number of carbonyl (C=O) groups is 1. The number of nitrogens with zero attached hydrogens (tertiary/aromatic N) is 2. The summed E-state index contributed by atoms with van der Waals surface area (Å²) in [4.78, 5) is 18.0. The van der Waals surface area contributed by atoms with Crippen molar-refractivity contribution in [1.29, 1.82) is 0 Å². The number of amides is 1. The fourth-order valence-corrected chi connectivity index (χ4v) is 4.82. The molecular weight excluding hydrogens is 453 g/mol. The van der Waals surface area contributed by atoms with Crippen molar-refractivity contribution in [2.75, 3.05) is 0 Å². The Morgan fingerprint density at radius 1 is 1.06 bits per heavy atom. The van der Waals surface area contributed by atoms with E-state index in [4.69, 9.17) is 39.8 Å². The molecule has 7 heteroatoms. The standard InChI is InChI=1S/C24H24Cl3N3O.H2/c1-2-30-22(19-13-12-17(26)14-20(19)27)21(15-8-10-16(25)11-9-15)29-23(30)24(31)28-18-6-4-3-5-7-18;/h8-14,18H,2-7H2,1H3,(H,28,31);1H. The second-order valence-electron chi connectivity index (χ2n) is 7.82. The Bertz CT molecular complexity index is 1090. The van der Waals surface area contributed by atoms with Gasteiger partial charge >= 0.3 is 0 Å². The van der Waals surface area contributed by atoms with E-state index >= 15 is 0 Å². The highest BCUT2D eigenvalue weighted by Crippen LogP contribution is 2.38. The molecule has 0 radical (unpaired) electrons. The predicted molar refractivity (Wildman–Crippen MR) is 130 cm³/mol. The number of carbonyl (C=O) groups excluding carboxylic acids is 1. The lowest BCUT2D eigenvalue weighted by Crippen LogP contribution is -2.37. The maximum atomic E-state index is 13.2. The highest BCUT2D eigenvalue weighted by atomic mass is 35.5. The second-order valence-corrected chi connectivity index (χ2v) is 9.10. The van der Waals surface area contributed by atoms with Crippen LogP contribution in [0.1, 0.15) is 51.1 Å². The van der Waals surface area contributed by atoms with Crippen molar-refractivity contribution in [1.82, 2.24) is 14.9 Å². The minimum absolute atomic E-state index is 0. The first kappa shape index (κ1) is 22.2. The van der Waals surface area contributed by atoms with Crippen LogP contribution in [0.2, 0.25) is 15.1 Å². The van der Waals surface area contributed by atoms with Crippen LogP contribution in [0.25, 0.3) is 22.5 Å². The Kier molecular flexibility index (Phi) is 6.90. The first-order valence-electron chi connectivity index (χ1n) is 10.6. The Hall–Kier alpha value is -2.01. The van der Waals surface area contributed by atoms with Gasteiger partial charge in [-0.25, -0.2) is 4.98 Å². The van der Waals surface area contributed by atoms with Gasteiger partial charge in [0.05, 0.1) is 16.4 Å². The lowest BCUT2D eigenvalue weighted by molar-refractivity contribution is 0.0913. The van der Waals surface area contributed by atoms with Gasteiger partial charge in [-0.2, -0.15) is 0 Å². The molecule has 3 aromatic rings. The fraction of sp³-hybridized carbons (Fsp3) is 0.333. The molecule has 0 spiro atoms. The number of halogens is 3. The maximum absolute atomic E-state index is 13.2. The third-order valence-corrected chi connectivity index (χ3v) is 6.53. The number of hydrogen-bond acceptors (Lipinski definition) is 2. The molecule has 0 aliphatic heterocycles. The van der Waals surface area contributed by atoms with Crippen molar-refractivity contribution in [3.05, 3.63) is 63.4 Å². The van der Waals surface area contributed by atoms with Crippen LogP contribution in [0, 0.1) is 0 Å². The average Bonchev–Trinajstić information content (AvgIpc) is 3.14. The minimum Gasteiger partial charge on any atom is -0.347 e. The first-order chi connectivity index (χ1) is 15.0. The number of aromatic nitrogens is 2. The quantitative estimate of drug-likeness (QED) is 0.412. The zero-order chi connectivity index (χ0) is 22.0. The highest BCUT2D eigenvalue weighted by Gasteiger charge is 2.26. The van der Waals surface area contributed by atoms with Crippen molar-refractivity contribution in [2.45, 2.75) is 51.6 Å². The van der Waals surface area contributed by atoms with E-state index in [0.29, 0.717) is 33.1 Å². The zero-order valence-electron chi connectivity index (χ0n) is 17.3. The van der Waals surface area contributed by atoms with Crippen molar-refractivity contribution in [3.63, 3.8) is 0 Å². The van der Waals surface area contributed by atoms with E-state index in [2.05, 4.69) is 5.32 Å². The van der Waals surface area contributed by atoms with Gasteiger partial charge in [-0.3, -0.25) is 4.79 Å². The van der Waals surface area contributed by atoms with Crippen molar-refractivity contribution >= 4 is 40.7 Å². The van der Waals surface area contributed by atoms with Gasteiger partial charge in [0.2, 0.25) is 0 Å². The Morgan fingerprint density at radius 3 is 2.39 bits per heavy atom. The monoisotopic (exact) mass is 477 g/mol. The number of hydrogen-bond donors (Lipinski definition) is 1. The Morgan fingerprint density at radius 2 is 1.74 bits per heavy atom. The number of nitrogens with one attached hydrogen (secondary N) is 1. The van der Waals surface area contributed by atoms with Gasteiger partial charge in [0.1, 0.15) is 0 Å². The van der Waals surface area contributed by atoms with Crippen LogP contribution < -0.4 is 5.32 Å². The molecule has 0 unspecified atom stereocenters. The molecule has 2 aromatic carbocycles. The molecule has 1 aliphatic carbocycles. The van der Waals surface area contributed by atoms with Crippen LogP contribution >= 0.6 is 34.8 Å². The predicted octanol–water partition coefficient (Wildman–Crippen LogP) is 7.51. The lowest BCUT2D eigenvalue weighted by atomic mass is 9.95. The van der Waals surface area contributed by atoms with Crippen molar-refractivity contribution in [3.8, 4) is 22.5 Å². The van der Waals surface area contributed by atoms with E-state index in [-0.39, 0.29) is 13.4 Å². The van der Waals surface area contributed by atoms with Gasteiger partial charge in [-0.15, -0.1) is 0 Å². The number of imidazole rings is 1. The summed E-state index contributed by atoms with van der Waals surface area (Å²) in [5, 5.41) is 4.89. The van der Waals surface area contributed by atoms with Gasteiger partial charge in [0.15, 0.2) is 5.82 Å². The molecule has 31 heavy (non-hydrogen) atoms. The summed E-state index contributed by atoms with van der Waals surface area (Å²) in [6.45, 7) is 2.57. The van der Waals surface area contributed by atoms with E-state index in [9.17, 15) is 4.79 Å². The summed E-state index contributed by atoms with van der Waals surface area (Å²) < 4.78 is 1.93. The molecule has 1 heterocycles. The van der Waals surface area contributed by atoms with Crippen LogP contribution in [0.4, 0.5) is 0 Å². The van der Waals surface area contributed by atoms with E-state index < -0.39 is 0 Å². The molecule has 4 nitrogen and oxygen atoms in total. The molecule has 1 amide bonds. The molecule has 1 aliphatic rings.